The van der Waals surface area contributed by atoms with Crippen LogP contribution in [0.25, 0.3) is 0 Å². The van der Waals surface area contributed by atoms with Crippen LogP contribution in [0.1, 0.15) is 27.7 Å². The van der Waals surface area contributed by atoms with Crippen LogP contribution in [0, 0.1) is 5.41 Å². The average Bonchev–Trinajstić information content (AvgIpc) is 2.42. The van der Waals surface area contributed by atoms with Crippen LogP contribution in [0.4, 0.5) is 0 Å². The lowest BCUT2D eigenvalue weighted by Gasteiger charge is -2.44. The molecule has 0 saturated carbocycles. The van der Waals surface area contributed by atoms with Crippen molar-refractivity contribution in [1.82, 2.24) is 4.90 Å². The minimum atomic E-state index is 0.256. The van der Waals surface area contributed by atoms with Gasteiger partial charge >= 0.3 is 0 Å². The first-order valence-electron chi connectivity index (χ1n) is 7.21. The van der Waals surface area contributed by atoms with Gasteiger partial charge in [-0.3, -0.25) is 4.90 Å². The van der Waals surface area contributed by atoms with Crippen molar-refractivity contribution in [3.63, 3.8) is 0 Å². The maximum atomic E-state index is 5.32. The van der Waals surface area contributed by atoms with Gasteiger partial charge in [-0.05, 0) is 0 Å². The lowest BCUT2D eigenvalue weighted by atomic mass is 9.86. The third-order valence-corrected chi connectivity index (χ3v) is 2.93. The van der Waals surface area contributed by atoms with Crippen LogP contribution >= 0.6 is 0 Å². The van der Waals surface area contributed by atoms with E-state index in [1.54, 1.807) is 7.11 Å². The predicted octanol–water partition coefficient (Wildman–Crippen LogP) is 2.03. The van der Waals surface area contributed by atoms with Crippen molar-refractivity contribution in [2.45, 2.75) is 27.7 Å². The van der Waals surface area contributed by atoms with Crippen molar-refractivity contribution >= 4 is 0 Å². The second-order valence-electron chi connectivity index (χ2n) is 4.31. The topological polar surface area (TPSA) is 30.9 Å². The van der Waals surface area contributed by atoms with Crippen LogP contribution < -0.4 is 0 Å². The van der Waals surface area contributed by atoms with Gasteiger partial charge in [-0.15, -0.1) is 0 Å². The number of rotatable bonds is 4. The fraction of sp³-hybridized carbons (Fsp3) is 1.00. The minimum Gasteiger partial charge on any atom is -0.384 e. The Morgan fingerprint density at radius 2 is 1.56 bits per heavy atom. The molecule has 18 heavy (non-hydrogen) atoms. The molecule has 110 valence electrons. The van der Waals surface area contributed by atoms with Gasteiger partial charge in [0.05, 0.1) is 38.4 Å². The van der Waals surface area contributed by atoms with E-state index in [1.807, 2.05) is 27.7 Å². The largest absolute Gasteiger partial charge is 0.384 e. The molecule has 4 nitrogen and oxygen atoms in total. The number of ether oxygens (including phenoxy) is 3. The van der Waals surface area contributed by atoms with Crippen molar-refractivity contribution in [1.29, 1.82) is 0 Å². The van der Waals surface area contributed by atoms with Crippen LogP contribution in [-0.2, 0) is 14.2 Å². The molecule has 0 aromatic heterocycles. The maximum absolute atomic E-state index is 5.32. The van der Waals surface area contributed by atoms with Crippen molar-refractivity contribution < 1.29 is 14.2 Å². The molecule has 2 fully saturated rings. The summed E-state index contributed by atoms with van der Waals surface area (Å²) in [5, 5.41) is 0. The fourth-order valence-corrected chi connectivity index (χ4v) is 2.15. The van der Waals surface area contributed by atoms with Crippen LogP contribution in [0.5, 0.6) is 0 Å². The molecule has 0 bridgehead atoms. The Kier molecular flexibility index (Phi) is 10.6. The summed E-state index contributed by atoms with van der Waals surface area (Å²) in [7, 11) is 1.76. The molecule has 0 aromatic carbocycles. The summed E-state index contributed by atoms with van der Waals surface area (Å²) in [4.78, 5) is 2.45. The fourth-order valence-electron chi connectivity index (χ4n) is 2.15. The van der Waals surface area contributed by atoms with Crippen LogP contribution in [0.3, 0.4) is 0 Å². The van der Waals surface area contributed by atoms with Crippen molar-refractivity contribution in [3.8, 4) is 0 Å². The molecule has 2 aliphatic heterocycles. The average molecular weight is 261 g/mol. The van der Waals surface area contributed by atoms with Crippen LogP contribution in [0.15, 0.2) is 0 Å². The number of hydrogen-bond donors (Lipinski definition) is 0. The zero-order chi connectivity index (χ0) is 13.9. The molecule has 0 aromatic rings. The summed E-state index contributed by atoms with van der Waals surface area (Å²) < 4.78 is 15.9. The van der Waals surface area contributed by atoms with Crippen LogP contribution in [-0.4, -0.2) is 64.7 Å². The Labute approximate surface area is 113 Å². The van der Waals surface area contributed by atoms with Gasteiger partial charge in [-0.2, -0.15) is 0 Å². The van der Waals surface area contributed by atoms with Gasteiger partial charge in [0.25, 0.3) is 0 Å². The second-order valence-corrected chi connectivity index (χ2v) is 4.31. The van der Waals surface area contributed by atoms with E-state index < -0.39 is 0 Å². The molecule has 4 heteroatoms. The first-order chi connectivity index (χ1) is 8.85. The van der Waals surface area contributed by atoms with E-state index in [1.165, 1.54) is 0 Å². The molecule has 0 radical (unpaired) electrons. The molecule has 0 aliphatic carbocycles. The van der Waals surface area contributed by atoms with Gasteiger partial charge in [-0.25, -0.2) is 0 Å². The Balaban J connectivity index is 0.000000659. The lowest BCUT2D eigenvalue weighted by Crippen LogP contribution is -2.55. The molecule has 0 unspecified atom stereocenters. The van der Waals surface area contributed by atoms with Gasteiger partial charge in [0.2, 0.25) is 0 Å². The molecule has 0 atom stereocenters. The number of hydrogen-bond acceptors (Lipinski definition) is 4. The van der Waals surface area contributed by atoms with Gasteiger partial charge < -0.3 is 14.2 Å². The molecule has 0 N–H and O–H groups in total. The summed E-state index contributed by atoms with van der Waals surface area (Å²) in [6, 6.07) is 0. The number of methoxy groups -OCH3 is 1. The summed E-state index contributed by atoms with van der Waals surface area (Å²) in [6.07, 6.45) is 0. The lowest BCUT2D eigenvalue weighted by molar-refractivity contribution is -0.158. The Hall–Kier alpha value is -0.160. The summed E-state index contributed by atoms with van der Waals surface area (Å²) >= 11 is 0. The standard InChI is InChI=1S/C10H19NO3.2C2H6/c1-12-7-10(8-14-9-10)6-11-2-4-13-5-3-11;2*1-2/h2-9H2,1H3;2*1-2H3. The van der Waals surface area contributed by atoms with Crippen molar-refractivity contribution in [2.24, 2.45) is 5.41 Å². The summed E-state index contributed by atoms with van der Waals surface area (Å²) in [5.74, 6) is 0. The highest BCUT2D eigenvalue weighted by Gasteiger charge is 2.40. The van der Waals surface area contributed by atoms with Crippen molar-refractivity contribution in [2.75, 3.05) is 59.8 Å². The van der Waals surface area contributed by atoms with Gasteiger partial charge in [0.1, 0.15) is 0 Å². The summed E-state index contributed by atoms with van der Waals surface area (Å²) in [6.45, 7) is 15.4. The highest BCUT2D eigenvalue weighted by molar-refractivity contribution is 4.89. The summed E-state index contributed by atoms with van der Waals surface area (Å²) in [5.41, 5.74) is 0.256. The molecule has 2 aliphatic rings. The normalized spacial score (nSPS) is 21.8. The SMILES string of the molecule is CC.CC.COCC1(CN2CCOCC2)COC1. The Bertz CT molecular complexity index is 178. The molecule has 0 spiro atoms. The van der Waals surface area contributed by atoms with Gasteiger partial charge in [0, 0.05) is 26.7 Å². The first kappa shape index (κ1) is 17.8. The highest BCUT2D eigenvalue weighted by Crippen LogP contribution is 2.29. The van der Waals surface area contributed by atoms with E-state index >= 15 is 0 Å². The van der Waals surface area contributed by atoms with E-state index in [-0.39, 0.29) is 5.41 Å². The van der Waals surface area contributed by atoms with E-state index in [4.69, 9.17) is 14.2 Å². The Morgan fingerprint density at radius 1 is 1.00 bits per heavy atom. The third kappa shape index (κ3) is 5.65. The molecule has 0 amide bonds. The quantitative estimate of drug-likeness (QED) is 0.775. The van der Waals surface area contributed by atoms with E-state index in [2.05, 4.69) is 4.90 Å². The zero-order valence-electron chi connectivity index (χ0n) is 12.8. The van der Waals surface area contributed by atoms with Gasteiger partial charge in [0.15, 0.2) is 0 Å². The van der Waals surface area contributed by atoms with E-state index in [0.29, 0.717) is 0 Å². The third-order valence-electron chi connectivity index (χ3n) is 2.93. The predicted molar refractivity (Wildman–Crippen MR) is 75.1 cm³/mol. The first-order valence-corrected chi connectivity index (χ1v) is 7.21. The smallest absolute Gasteiger partial charge is 0.0594 e. The number of morpholine rings is 1. The molecular weight excluding hydrogens is 230 g/mol. The minimum absolute atomic E-state index is 0.256. The molecule has 2 saturated heterocycles. The monoisotopic (exact) mass is 261 g/mol. The molecule has 2 rings (SSSR count). The Morgan fingerprint density at radius 3 is 1.94 bits per heavy atom. The second kappa shape index (κ2) is 10.7. The van der Waals surface area contributed by atoms with Crippen molar-refractivity contribution in [3.05, 3.63) is 0 Å². The van der Waals surface area contributed by atoms with Gasteiger partial charge in [-0.1, -0.05) is 27.7 Å². The van der Waals surface area contributed by atoms with E-state index in [0.717, 1.165) is 52.7 Å². The molecule has 2 heterocycles. The highest BCUT2D eigenvalue weighted by atomic mass is 16.5. The van der Waals surface area contributed by atoms with Crippen LogP contribution in [0.2, 0.25) is 0 Å². The maximum Gasteiger partial charge on any atom is 0.0594 e. The van der Waals surface area contributed by atoms with E-state index in [9.17, 15) is 0 Å². The number of nitrogens with zero attached hydrogens (tertiary/aromatic N) is 1. The molecular formula is C14H31NO3. The zero-order valence-corrected chi connectivity index (χ0v) is 12.8.